The molecule has 1 aliphatic heterocycles. The van der Waals surface area contributed by atoms with Gasteiger partial charge >= 0.3 is 0 Å². The van der Waals surface area contributed by atoms with Gasteiger partial charge in [-0.3, -0.25) is 4.79 Å². The van der Waals surface area contributed by atoms with Gasteiger partial charge < -0.3 is 9.88 Å². The lowest BCUT2D eigenvalue weighted by Crippen LogP contribution is -2.39. The number of aryl methyl sites for hydroxylation is 2. The van der Waals surface area contributed by atoms with Crippen LogP contribution in [0.25, 0.3) is 10.9 Å². The highest BCUT2D eigenvalue weighted by Gasteiger charge is 2.39. The number of tetrazole rings is 1. The fraction of sp³-hybridized carbons (Fsp3) is 0.407. The second-order valence-corrected chi connectivity index (χ2v) is 10.0. The van der Waals surface area contributed by atoms with Crippen LogP contribution in [-0.2, 0) is 6.42 Å². The molecule has 2 aromatic carbocycles. The first kappa shape index (κ1) is 21.1. The van der Waals surface area contributed by atoms with Gasteiger partial charge in [0.1, 0.15) is 6.04 Å². The van der Waals surface area contributed by atoms with Crippen LogP contribution >= 0.6 is 0 Å². The van der Waals surface area contributed by atoms with E-state index in [0.717, 1.165) is 52.8 Å². The van der Waals surface area contributed by atoms with E-state index in [0.29, 0.717) is 5.56 Å². The summed E-state index contributed by atoms with van der Waals surface area (Å²) in [6, 6.07) is 14.9. The Morgan fingerprint density at radius 1 is 1.09 bits per heavy atom. The predicted octanol–water partition coefficient (Wildman–Crippen LogP) is 4.79. The summed E-state index contributed by atoms with van der Waals surface area (Å²) in [6.07, 6.45) is 5.45. The van der Waals surface area contributed by atoms with Crippen LogP contribution in [0.5, 0.6) is 0 Å². The Kier molecular flexibility index (Phi) is 5.01. The van der Waals surface area contributed by atoms with E-state index in [1.54, 1.807) is 0 Å². The molecule has 174 valence electrons. The quantitative estimate of drug-likeness (QED) is 0.480. The molecule has 1 N–H and O–H groups in total. The van der Waals surface area contributed by atoms with Gasteiger partial charge in [-0.1, -0.05) is 37.1 Å². The monoisotopic (exact) mass is 454 g/mol. The number of benzene rings is 2. The highest BCUT2D eigenvalue weighted by molar-refractivity contribution is 5.83. The summed E-state index contributed by atoms with van der Waals surface area (Å²) < 4.78 is 2.00. The van der Waals surface area contributed by atoms with Crippen molar-refractivity contribution in [3.8, 4) is 0 Å². The molecule has 2 atom stereocenters. The van der Waals surface area contributed by atoms with Crippen LogP contribution < -0.4 is 10.5 Å². The van der Waals surface area contributed by atoms with E-state index in [4.69, 9.17) is 0 Å². The standard InChI is InChI=1S/C27H30N6O/c1-16-12-17(2)21-15-22(27(34)28-23(21)13-16)25(26-29-30-31-33(26)20-9-5-6-10-20)32-18(3)14-19-8-4-7-11-24(19)32/h4,7-8,11-13,15,18,20,25H,5-6,9-10,14H2,1-3H3,(H,28,34)/t18-,25+/m1/s1. The molecule has 0 spiro atoms. The zero-order valence-electron chi connectivity index (χ0n) is 20.0. The molecule has 34 heavy (non-hydrogen) atoms. The van der Waals surface area contributed by atoms with Crippen LogP contribution in [0.4, 0.5) is 5.69 Å². The SMILES string of the molecule is Cc1cc(C)c2cc([C@@H](c3nnnn3C3CCCC3)N3c4ccccc4C[C@H]3C)c(=O)[nH]c2c1. The first-order valence-electron chi connectivity index (χ1n) is 12.3. The number of hydrogen-bond acceptors (Lipinski definition) is 5. The van der Waals surface area contributed by atoms with Crippen LogP contribution in [-0.4, -0.2) is 31.2 Å². The minimum Gasteiger partial charge on any atom is -0.354 e. The lowest BCUT2D eigenvalue weighted by molar-refractivity contribution is 0.423. The van der Waals surface area contributed by atoms with Gasteiger partial charge in [-0.2, -0.15) is 0 Å². The van der Waals surface area contributed by atoms with E-state index in [9.17, 15) is 4.79 Å². The number of aromatic amines is 1. The summed E-state index contributed by atoms with van der Waals surface area (Å²) in [5, 5.41) is 14.2. The zero-order valence-corrected chi connectivity index (χ0v) is 20.0. The summed E-state index contributed by atoms with van der Waals surface area (Å²) in [6.45, 7) is 6.38. The van der Waals surface area contributed by atoms with Crippen molar-refractivity contribution in [2.24, 2.45) is 0 Å². The van der Waals surface area contributed by atoms with Gasteiger partial charge in [-0.15, -0.1) is 5.10 Å². The van der Waals surface area contributed by atoms with Crippen molar-refractivity contribution in [3.05, 3.63) is 80.9 Å². The maximum absolute atomic E-state index is 13.6. The molecular formula is C27H30N6O. The molecule has 0 saturated heterocycles. The molecule has 0 radical (unpaired) electrons. The van der Waals surface area contributed by atoms with E-state index in [1.165, 1.54) is 18.4 Å². The number of nitrogens with zero attached hydrogens (tertiary/aromatic N) is 5. The summed E-state index contributed by atoms with van der Waals surface area (Å²) in [7, 11) is 0. The third kappa shape index (κ3) is 3.33. The lowest BCUT2D eigenvalue weighted by Gasteiger charge is -2.34. The van der Waals surface area contributed by atoms with Crippen molar-refractivity contribution in [3.63, 3.8) is 0 Å². The zero-order chi connectivity index (χ0) is 23.4. The highest BCUT2D eigenvalue weighted by atomic mass is 16.1. The Balaban J connectivity index is 1.60. The number of fused-ring (bicyclic) bond motifs is 2. The second-order valence-electron chi connectivity index (χ2n) is 10.0. The summed E-state index contributed by atoms with van der Waals surface area (Å²) in [4.78, 5) is 19.2. The number of anilines is 1. The molecule has 7 nitrogen and oxygen atoms in total. The molecule has 6 rings (SSSR count). The fourth-order valence-corrected chi connectivity index (χ4v) is 6.08. The van der Waals surface area contributed by atoms with Gasteiger partial charge in [0, 0.05) is 28.2 Å². The maximum Gasteiger partial charge on any atom is 0.254 e. The number of hydrogen-bond donors (Lipinski definition) is 1. The van der Waals surface area contributed by atoms with Crippen molar-refractivity contribution in [1.82, 2.24) is 25.2 Å². The number of H-pyrrole nitrogens is 1. The molecule has 1 fully saturated rings. The van der Waals surface area contributed by atoms with E-state index in [-0.39, 0.29) is 23.7 Å². The van der Waals surface area contributed by atoms with Gasteiger partial charge in [0.2, 0.25) is 0 Å². The van der Waals surface area contributed by atoms with E-state index >= 15 is 0 Å². The Labute approximate surface area is 198 Å². The summed E-state index contributed by atoms with van der Waals surface area (Å²) in [5.41, 5.74) is 6.21. The molecule has 3 heterocycles. The third-order valence-corrected chi connectivity index (χ3v) is 7.61. The van der Waals surface area contributed by atoms with Gasteiger partial charge in [-0.25, -0.2) is 4.68 Å². The molecule has 0 unspecified atom stereocenters. The maximum atomic E-state index is 13.6. The average molecular weight is 455 g/mol. The number of aromatic nitrogens is 5. The first-order chi connectivity index (χ1) is 16.5. The molecule has 1 saturated carbocycles. The molecule has 2 aliphatic rings. The normalized spacial score (nSPS) is 19.1. The summed E-state index contributed by atoms with van der Waals surface area (Å²) in [5.74, 6) is 0.755. The van der Waals surface area contributed by atoms with Crippen molar-refractivity contribution in [2.75, 3.05) is 4.90 Å². The van der Waals surface area contributed by atoms with Crippen molar-refractivity contribution >= 4 is 16.6 Å². The molecule has 0 amide bonds. The summed E-state index contributed by atoms with van der Waals surface area (Å²) >= 11 is 0. The van der Waals surface area contributed by atoms with Crippen LogP contribution in [0.2, 0.25) is 0 Å². The largest absolute Gasteiger partial charge is 0.354 e. The third-order valence-electron chi connectivity index (χ3n) is 7.61. The first-order valence-corrected chi connectivity index (χ1v) is 12.3. The van der Waals surface area contributed by atoms with E-state index < -0.39 is 0 Å². The second kappa shape index (κ2) is 8.08. The van der Waals surface area contributed by atoms with Crippen LogP contribution in [0.15, 0.2) is 47.3 Å². The number of nitrogens with one attached hydrogen (secondary N) is 1. The Bertz CT molecular complexity index is 1430. The molecule has 4 aromatic rings. The molecule has 1 aliphatic carbocycles. The van der Waals surface area contributed by atoms with Crippen molar-refractivity contribution in [1.29, 1.82) is 0 Å². The molecule has 7 heteroatoms. The number of rotatable bonds is 4. The van der Waals surface area contributed by atoms with Gasteiger partial charge in [-0.05, 0) is 85.3 Å². The van der Waals surface area contributed by atoms with E-state index in [1.807, 2.05) is 10.7 Å². The smallest absolute Gasteiger partial charge is 0.254 e. The topological polar surface area (TPSA) is 79.7 Å². The Hall–Kier alpha value is -3.48. The molecule has 0 bridgehead atoms. The van der Waals surface area contributed by atoms with Crippen molar-refractivity contribution < 1.29 is 0 Å². The Morgan fingerprint density at radius 3 is 2.71 bits per heavy atom. The fourth-order valence-electron chi connectivity index (χ4n) is 6.08. The lowest BCUT2D eigenvalue weighted by atomic mass is 9.99. The number of para-hydroxylation sites is 1. The molecule has 2 aromatic heterocycles. The van der Waals surface area contributed by atoms with Crippen LogP contribution in [0, 0.1) is 13.8 Å². The minimum atomic E-state index is -0.372. The molecular weight excluding hydrogens is 424 g/mol. The van der Waals surface area contributed by atoms with E-state index in [2.05, 4.69) is 82.6 Å². The average Bonchev–Trinajstić information content (AvgIpc) is 3.55. The van der Waals surface area contributed by atoms with Crippen LogP contribution in [0.3, 0.4) is 0 Å². The Morgan fingerprint density at radius 2 is 1.88 bits per heavy atom. The van der Waals surface area contributed by atoms with Gasteiger partial charge in [0.05, 0.1) is 6.04 Å². The predicted molar refractivity (Wildman–Crippen MR) is 133 cm³/mol. The van der Waals surface area contributed by atoms with Gasteiger partial charge in [0.25, 0.3) is 5.56 Å². The van der Waals surface area contributed by atoms with Crippen molar-refractivity contribution in [2.45, 2.75) is 71.0 Å². The van der Waals surface area contributed by atoms with Gasteiger partial charge in [0.15, 0.2) is 5.82 Å². The minimum absolute atomic E-state index is 0.0833. The highest BCUT2D eigenvalue weighted by Crippen LogP contribution is 2.42. The van der Waals surface area contributed by atoms with Crippen LogP contribution in [0.1, 0.15) is 72.8 Å². The number of pyridine rings is 1.